The second-order valence-electron chi connectivity index (χ2n) is 3.19. The minimum absolute atomic E-state index is 0.557. The Morgan fingerprint density at radius 3 is 2.79 bits per heavy atom. The average Bonchev–Trinajstić information content (AvgIpc) is 2.69. The number of furan rings is 1. The van der Waals surface area contributed by atoms with E-state index in [-0.39, 0.29) is 0 Å². The van der Waals surface area contributed by atoms with Crippen molar-refractivity contribution in [2.24, 2.45) is 0 Å². The highest BCUT2D eigenvalue weighted by Gasteiger charge is 1.98. The van der Waals surface area contributed by atoms with Gasteiger partial charge in [0.05, 0.1) is 12.5 Å². The predicted molar refractivity (Wildman–Crippen MR) is 54.2 cm³/mol. The molecule has 0 aliphatic carbocycles. The third-order valence-corrected chi connectivity index (χ3v) is 2.07. The summed E-state index contributed by atoms with van der Waals surface area (Å²) in [7, 11) is 0. The van der Waals surface area contributed by atoms with Crippen molar-refractivity contribution < 1.29 is 9.15 Å². The fraction of sp³-hybridized carbons (Fsp3) is 0.167. The maximum atomic E-state index is 5.62. The monoisotopic (exact) mass is 188 g/mol. The fourth-order valence-electron chi connectivity index (χ4n) is 1.25. The maximum absolute atomic E-state index is 5.62. The van der Waals surface area contributed by atoms with Gasteiger partial charge in [0.2, 0.25) is 0 Å². The highest BCUT2D eigenvalue weighted by atomic mass is 16.5. The summed E-state index contributed by atoms with van der Waals surface area (Å²) in [5.74, 6) is 0.925. The van der Waals surface area contributed by atoms with E-state index in [1.54, 1.807) is 12.5 Å². The molecule has 0 N–H and O–H groups in total. The number of hydrogen-bond donors (Lipinski definition) is 0. The molecule has 1 aromatic carbocycles. The van der Waals surface area contributed by atoms with Gasteiger partial charge in [0.1, 0.15) is 12.4 Å². The van der Waals surface area contributed by atoms with E-state index in [1.165, 1.54) is 0 Å². The SMILES string of the molecule is Cc1ccccc1OCc1ccoc1. The first-order chi connectivity index (χ1) is 6.86. The van der Waals surface area contributed by atoms with Crippen LogP contribution >= 0.6 is 0 Å². The second kappa shape index (κ2) is 4.01. The predicted octanol–water partition coefficient (Wildman–Crippen LogP) is 3.17. The van der Waals surface area contributed by atoms with Gasteiger partial charge in [0, 0.05) is 5.56 Å². The van der Waals surface area contributed by atoms with Gasteiger partial charge in [-0.2, -0.15) is 0 Å². The number of ether oxygens (including phenoxy) is 1. The summed E-state index contributed by atoms with van der Waals surface area (Å²) < 4.78 is 10.6. The topological polar surface area (TPSA) is 22.4 Å². The van der Waals surface area contributed by atoms with Crippen LogP contribution in [0.25, 0.3) is 0 Å². The largest absolute Gasteiger partial charge is 0.489 e. The van der Waals surface area contributed by atoms with Crippen molar-refractivity contribution >= 4 is 0 Å². The molecule has 14 heavy (non-hydrogen) atoms. The van der Waals surface area contributed by atoms with Crippen LogP contribution in [0.1, 0.15) is 11.1 Å². The summed E-state index contributed by atoms with van der Waals surface area (Å²) in [6.45, 7) is 2.59. The molecular weight excluding hydrogens is 176 g/mol. The minimum atomic E-state index is 0.557. The number of hydrogen-bond acceptors (Lipinski definition) is 2. The molecule has 72 valence electrons. The smallest absolute Gasteiger partial charge is 0.122 e. The Bertz CT molecular complexity index is 390. The Hall–Kier alpha value is -1.70. The summed E-state index contributed by atoms with van der Waals surface area (Å²) >= 11 is 0. The van der Waals surface area contributed by atoms with Gasteiger partial charge < -0.3 is 9.15 Å². The zero-order valence-electron chi connectivity index (χ0n) is 8.07. The van der Waals surface area contributed by atoms with Crippen LogP contribution in [0.15, 0.2) is 47.3 Å². The molecule has 0 unspecified atom stereocenters. The van der Waals surface area contributed by atoms with Crippen LogP contribution in [-0.2, 0) is 6.61 Å². The van der Waals surface area contributed by atoms with Crippen LogP contribution in [0.4, 0.5) is 0 Å². The van der Waals surface area contributed by atoms with Gasteiger partial charge in [-0.05, 0) is 24.6 Å². The number of rotatable bonds is 3. The van der Waals surface area contributed by atoms with Gasteiger partial charge >= 0.3 is 0 Å². The molecule has 2 heteroatoms. The third kappa shape index (κ3) is 1.96. The second-order valence-corrected chi connectivity index (χ2v) is 3.19. The van der Waals surface area contributed by atoms with Crippen LogP contribution in [0.2, 0.25) is 0 Å². The lowest BCUT2D eigenvalue weighted by molar-refractivity contribution is 0.302. The van der Waals surface area contributed by atoms with Crippen molar-refractivity contribution in [2.45, 2.75) is 13.5 Å². The summed E-state index contributed by atoms with van der Waals surface area (Å²) in [4.78, 5) is 0. The maximum Gasteiger partial charge on any atom is 0.122 e. The Balaban J connectivity index is 2.02. The molecule has 0 saturated carbocycles. The van der Waals surface area contributed by atoms with Gasteiger partial charge in [0.25, 0.3) is 0 Å². The first-order valence-electron chi connectivity index (χ1n) is 4.56. The lowest BCUT2D eigenvalue weighted by Gasteiger charge is -2.06. The summed E-state index contributed by atoms with van der Waals surface area (Å²) in [6.07, 6.45) is 3.34. The molecule has 0 atom stereocenters. The molecule has 0 bridgehead atoms. The molecular formula is C12H12O2. The molecule has 2 nitrogen and oxygen atoms in total. The molecule has 2 rings (SSSR count). The van der Waals surface area contributed by atoms with E-state index in [1.807, 2.05) is 37.3 Å². The highest BCUT2D eigenvalue weighted by Crippen LogP contribution is 2.17. The van der Waals surface area contributed by atoms with Crippen LogP contribution in [0, 0.1) is 6.92 Å². The third-order valence-electron chi connectivity index (χ3n) is 2.07. The first-order valence-corrected chi connectivity index (χ1v) is 4.56. The standard InChI is InChI=1S/C12H12O2/c1-10-4-2-3-5-12(10)14-9-11-6-7-13-8-11/h2-8H,9H2,1H3. The highest BCUT2D eigenvalue weighted by molar-refractivity contribution is 5.31. The molecule has 1 heterocycles. The van der Waals surface area contributed by atoms with E-state index in [4.69, 9.17) is 9.15 Å². The van der Waals surface area contributed by atoms with Crippen LogP contribution in [0.3, 0.4) is 0 Å². The first kappa shape index (κ1) is 8.88. The lowest BCUT2D eigenvalue weighted by Crippen LogP contribution is -1.94. The Morgan fingerprint density at radius 1 is 1.21 bits per heavy atom. The fourth-order valence-corrected chi connectivity index (χ4v) is 1.25. The van der Waals surface area contributed by atoms with Crippen molar-refractivity contribution in [2.75, 3.05) is 0 Å². The van der Waals surface area contributed by atoms with E-state index in [9.17, 15) is 0 Å². The van der Waals surface area contributed by atoms with E-state index >= 15 is 0 Å². The molecule has 0 aliphatic heterocycles. The van der Waals surface area contributed by atoms with E-state index in [0.717, 1.165) is 16.9 Å². The van der Waals surface area contributed by atoms with Crippen molar-refractivity contribution in [1.82, 2.24) is 0 Å². The average molecular weight is 188 g/mol. The van der Waals surface area contributed by atoms with Crippen LogP contribution in [-0.4, -0.2) is 0 Å². The van der Waals surface area contributed by atoms with Gasteiger partial charge in [-0.1, -0.05) is 18.2 Å². The Morgan fingerprint density at radius 2 is 2.07 bits per heavy atom. The number of para-hydroxylation sites is 1. The van der Waals surface area contributed by atoms with E-state index in [2.05, 4.69) is 0 Å². The Labute approximate surface area is 83.1 Å². The van der Waals surface area contributed by atoms with Gasteiger partial charge in [0.15, 0.2) is 0 Å². The quantitative estimate of drug-likeness (QED) is 0.738. The number of aryl methyl sites for hydroxylation is 1. The molecule has 2 aromatic rings. The lowest BCUT2D eigenvalue weighted by atomic mass is 10.2. The summed E-state index contributed by atoms with van der Waals surface area (Å²) in [5.41, 5.74) is 2.20. The molecule has 0 amide bonds. The van der Waals surface area contributed by atoms with Crippen LogP contribution in [0.5, 0.6) is 5.75 Å². The molecule has 0 fully saturated rings. The van der Waals surface area contributed by atoms with Gasteiger partial charge in [-0.3, -0.25) is 0 Å². The Kier molecular flexibility index (Phi) is 2.54. The summed E-state index contributed by atoms with van der Waals surface area (Å²) in [5, 5.41) is 0. The molecule has 1 aromatic heterocycles. The zero-order chi connectivity index (χ0) is 9.80. The van der Waals surface area contributed by atoms with Crippen molar-refractivity contribution in [3.05, 3.63) is 54.0 Å². The molecule has 0 saturated heterocycles. The van der Waals surface area contributed by atoms with Crippen molar-refractivity contribution in [3.63, 3.8) is 0 Å². The van der Waals surface area contributed by atoms with E-state index in [0.29, 0.717) is 6.61 Å². The van der Waals surface area contributed by atoms with Crippen molar-refractivity contribution in [1.29, 1.82) is 0 Å². The van der Waals surface area contributed by atoms with E-state index < -0.39 is 0 Å². The minimum Gasteiger partial charge on any atom is -0.489 e. The van der Waals surface area contributed by atoms with Crippen molar-refractivity contribution in [3.8, 4) is 5.75 Å². The molecule has 0 radical (unpaired) electrons. The van der Waals surface area contributed by atoms with Gasteiger partial charge in [-0.15, -0.1) is 0 Å². The van der Waals surface area contributed by atoms with Gasteiger partial charge in [-0.25, -0.2) is 0 Å². The molecule has 0 spiro atoms. The zero-order valence-corrected chi connectivity index (χ0v) is 8.07. The number of benzene rings is 1. The van der Waals surface area contributed by atoms with Crippen LogP contribution < -0.4 is 4.74 Å². The summed E-state index contributed by atoms with van der Waals surface area (Å²) in [6, 6.07) is 9.87. The normalized spacial score (nSPS) is 10.1. The molecule has 0 aliphatic rings.